The summed E-state index contributed by atoms with van der Waals surface area (Å²) in [6.07, 6.45) is 0. The molecule has 15 heavy (non-hydrogen) atoms. The van der Waals surface area contributed by atoms with E-state index in [4.69, 9.17) is 5.14 Å². The van der Waals surface area contributed by atoms with Gasteiger partial charge in [-0.1, -0.05) is 0 Å². The molecule has 7 heteroatoms. The maximum absolute atomic E-state index is 11.1. The van der Waals surface area contributed by atoms with Gasteiger partial charge in [0.2, 0.25) is 10.0 Å². The zero-order chi connectivity index (χ0) is 11.8. The molecule has 0 saturated heterocycles. The third-order valence-electron chi connectivity index (χ3n) is 1.90. The standard InChI is InChI=1S/C8H10N2O4S/c1-5-3-6(2)8(10(11)12)7(4-5)15(9,13)14/h3-4H,1-2H3,(H2,9,13,14). The Morgan fingerprint density at radius 1 is 1.33 bits per heavy atom. The summed E-state index contributed by atoms with van der Waals surface area (Å²) in [5.74, 6) is 0. The lowest BCUT2D eigenvalue weighted by atomic mass is 10.1. The first-order valence-corrected chi connectivity index (χ1v) is 5.56. The van der Waals surface area contributed by atoms with Crippen LogP contribution in [0.4, 0.5) is 5.69 Å². The third kappa shape index (κ3) is 2.31. The van der Waals surface area contributed by atoms with Gasteiger partial charge in [0.15, 0.2) is 4.90 Å². The van der Waals surface area contributed by atoms with Gasteiger partial charge in [-0.2, -0.15) is 0 Å². The molecule has 1 aromatic rings. The molecule has 82 valence electrons. The molecule has 0 aliphatic rings. The van der Waals surface area contributed by atoms with Crippen LogP contribution < -0.4 is 5.14 Å². The average molecular weight is 230 g/mol. The molecular formula is C8H10N2O4S. The lowest BCUT2D eigenvalue weighted by molar-refractivity contribution is -0.388. The zero-order valence-corrected chi connectivity index (χ0v) is 9.04. The van der Waals surface area contributed by atoms with Gasteiger partial charge in [0.1, 0.15) is 0 Å². The minimum absolute atomic E-state index is 0.282. The number of benzene rings is 1. The van der Waals surface area contributed by atoms with Crippen LogP contribution in [-0.2, 0) is 10.0 Å². The number of aryl methyl sites for hydroxylation is 2. The fourth-order valence-corrected chi connectivity index (χ4v) is 2.23. The maximum Gasteiger partial charge on any atom is 0.292 e. The molecule has 0 radical (unpaired) electrons. The van der Waals surface area contributed by atoms with Crippen LogP contribution in [0.5, 0.6) is 0 Å². The van der Waals surface area contributed by atoms with E-state index in [2.05, 4.69) is 0 Å². The van der Waals surface area contributed by atoms with Gasteiger partial charge in [0, 0.05) is 5.56 Å². The molecule has 0 bridgehead atoms. The van der Waals surface area contributed by atoms with Gasteiger partial charge in [0.05, 0.1) is 4.92 Å². The Bertz CT molecular complexity index is 522. The Kier molecular flexibility index (Phi) is 2.78. The molecule has 6 nitrogen and oxygen atoms in total. The van der Waals surface area contributed by atoms with E-state index < -0.39 is 25.5 Å². The predicted octanol–water partition coefficient (Wildman–Crippen LogP) is 0.859. The number of rotatable bonds is 2. The smallest absolute Gasteiger partial charge is 0.258 e. The van der Waals surface area contributed by atoms with Crippen molar-refractivity contribution in [3.8, 4) is 0 Å². The second kappa shape index (κ2) is 3.59. The Hall–Kier alpha value is -1.47. The second-order valence-electron chi connectivity index (χ2n) is 3.23. The number of nitrogens with two attached hydrogens (primary N) is 1. The van der Waals surface area contributed by atoms with E-state index in [1.165, 1.54) is 19.1 Å². The molecule has 1 rings (SSSR count). The highest BCUT2D eigenvalue weighted by molar-refractivity contribution is 7.89. The van der Waals surface area contributed by atoms with E-state index in [-0.39, 0.29) is 5.56 Å². The monoisotopic (exact) mass is 230 g/mol. The number of nitrogens with zero attached hydrogens (tertiary/aromatic N) is 1. The van der Waals surface area contributed by atoms with Gasteiger partial charge >= 0.3 is 0 Å². The molecule has 0 unspecified atom stereocenters. The molecule has 0 saturated carbocycles. The third-order valence-corrected chi connectivity index (χ3v) is 2.82. The van der Waals surface area contributed by atoms with Crippen molar-refractivity contribution < 1.29 is 13.3 Å². The first kappa shape index (κ1) is 11.6. The van der Waals surface area contributed by atoms with Crippen molar-refractivity contribution in [1.29, 1.82) is 0 Å². The summed E-state index contributed by atoms with van der Waals surface area (Å²) in [5.41, 5.74) is 0.439. The number of nitro benzene ring substituents is 1. The topological polar surface area (TPSA) is 103 Å². The van der Waals surface area contributed by atoms with Crippen LogP contribution in [0, 0.1) is 24.0 Å². The Labute approximate surface area is 86.9 Å². The molecule has 0 spiro atoms. The summed E-state index contributed by atoms with van der Waals surface area (Å²) in [5, 5.41) is 15.6. The van der Waals surface area contributed by atoms with E-state index in [9.17, 15) is 18.5 Å². The highest BCUT2D eigenvalue weighted by Crippen LogP contribution is 2.27. The highest BCUT2D eigenvalue weighted by Gasteiger charge is 2.25. The molecule has 0 aliphatic heterocycles. The van der Waals surface area contributed by atoms with Crippen LogP contribution in [0.25, 0.3) is 0 Å². The Balaban J connectivity index is 3.70. The SMILES string of the molecule is Cc1cc(C)c([N+](=O)[O-])c(S(N)(=O)=O)c1. The summed E-state index contributed by atoms with van der Waals surface area (Å²) in [6.45, 7) is 3.12. The van der Waals surface area contributed by atoms with Crippen LogP contribution in [0.15, 0.2) is 17.0 Å². The molecule has 0 heterocycles. The molecule has 1 aromatic carbocycles. The van der Waals surface area contributed by atoms with Gasteiger partial charge < -0.3 is 0 Å². The molecule has 0 amide bonds. The zero-order valence-electron chi connectivity index (χ0n) is 8.22. The van der Waals surface area contributed by atoms with Crippen molar-refractivity contribution in [2.45, 2.75) is 18.7 Å². The van der Waals surface area contributed by atoms with Crippen molar-refractivity contribution in [1.82, 2.24) is 0 Å². The first-order chi connectivity index (χ1) is 6.73. The lowest BCUT2D eigenvalue weighted by Crippen LogP contribution is -2.15. The fourth-order valence-electron chi connectivity index (χ4n) is 1.37. The number of sulfonamides is 1. The number of hydrogen-bond donors (Lipinski definition) is 1. The summed E-state index contributed by atoms with van der Waals surface area (Å²) in [6, 6.07) is 2.73. The normalized spacial score (nSPS) is 11.4. The Morgan fingerprint density at radius 2 is 1.87 bits per heavy atom. The van der Waals surface area contributed by atoms with Gasteiger partial charge in [-0.3, -0.25) is 10.1 Å². The molecule has 0 aliphatic carbocycles. The number of primary sulfonamides is 1. The summed E-state index contributed by atoms with van der Waals surface area (Å²) < 4.78 is 22.3. The minimum atomic E-state index is -4.07. The Morgan fingerprint density at radius 3 is 2.27 bits per heavy atom. The lowest BCUT2D eigenvalue weighted by Gasteiger charge is -2.04. The molecular weight excluding hydrogens is 220 g/mol. The minimum Gasteiger partial charge on any atom is -0.258 e. The quantitative estimate of drug-likeness (QED) is 0.601. The predicted molar refractivity (Wildman–Crippen MR) is 53.9 cm³/mol. The van der Waals surface area contributed by atoms with Gasteiger partial charge in [-0.25, -0.2) is 13.6 Å². The van der Waals surface area contributed by atoms with Gasteiger partial charge in [-0.15, -0.1) is 0 Å². The summed E-state index contributed by atoms with van der Waals surface area (Å²) in [7, 11) is -4.07. The summed E-state index contributed by atoms with van der Waals surface area (Å²) >= 11 is 0. The van der Waals surface area contributed by atoms with Gasteiger partial charge in [0.25, 0.3) is 5.69 Å². The van der Waals surface area contributed by atoms with Crippen molar-refractivity contribution in [3.05, 3.63) is 33.4 Å². The molecule has 0 atom stereocenters. The number of hydrogen-bond acceptors (Lipinski definition) is 4. The first-order valence-electron chi connectivity index (χ1n) is 4.02. The van der Waals surface area contributed by atoms with Crippen molar-refractivity contribution >= 4 is 15.7 Å². The average Bonchev–Trinajstić information content (AvgIpc) is 1.99. The van der Waals surface area contributed by atoms with Crippen LogP contribution >= 0.6 is 0 Å². The van der Waals surface area contributed by atoms with E-state index in [0.29, 0.717) is 5.56 Å². The van der Waals surface area contributed by atoms with Crippen LogP contribution in [0.1, 0.15) is 11.1 Å². The highest BCUT2D eigenvalue weighted by atomic mass is 32.2. The molecule has 0 aromatic heterocycles. The second-order valence-corrected chi connectivity index (χ2v) is 4.76. The van der Waals surface area contributed by atoms with E-state index in [1.54, 1.807) is 6.92 Å². The molecule has 0 fully saturated rings. The van der Waals surface area contributed by atoms with Crippen LogP contribution in [-0.4, -0.2) is 13.3 Å². The van der Waals surface area contributed by atoms with Crippen LogP contribution in [0.3, 0.4) is 0 Å². The maximum atomic E-state index is 11.1. The van der Waals surface area contributed by atoms with Crippen LogP contribution in [0.2, 0.25) is 0 Å². The molecule has 2 N–H and O–H groups in total. The summed E-state index contributed by atoms with van der Waals surface area (Å²) in [4.78, 5) is 9.50. The van der Waals surface area contributed by atoms with Gasteiger partial charge in [-0.05, 0) is 31.5 Å². The largest absolute Gasteiger partial charge is 0.292 e. The van der Waals surface area contributed by atoms with E-state index in [1.807, 2.05) is 0 Å². The van der Waals surface area contributed by atoms with Crippen molar-refractivity contribution in [2.24, 2.45) is 5.14 Å². The fraction of sp³-hybridized carbons (Fsp3) is 0.250. The van der Waals surface area contributed by atoms with E-state index in [0.717, 1.165) is 0 Å². The van der Waals surface area contributed by atoms with E-state index >= 15 is 0 Å². The number of nitro groups is 1. The van der Waals surface area contributed by atoms with Crippen molar-refractivity contribution in [3.63, 3.8) is 0 Å². The van der Waals surface area contributed by atoms with Crippen molar-refractivity contribution in [2.75, 3.05) is 0 Å².